The van der Waals surface area contributed by atoms with Crippen LogP contribution in [0.25, 0.3) is 0 Å². The van der Waals surface area contributed by atoms with E-state index in [0.29, 0.717) is 0 Å². The second kappa shape index (κ2) is 4.82. The zero-order valence-electron chi connectivity index (χ0n) is 6.68. The number of carboxylic acid groups (broad SMARTS) is 1. The smallest absolute Gasteiger partial charge is 0.303 e. The third kappa shape index (κ3) is 4.02. The molecule has 0 amide bonds. The molecule has 0 bridgehead atoms. The summed E-state index contributed by atoms with van der Waals surface area (Å²) in [4.78, 5) is 10.0. The minimum Gasteiger partial charge on any atom is -0.481 e. The van der Waals surface area contributed by atoms with Gasteiger partial charge in [0.1, 0.15) is 0 Å². The van der Waals surface area contributed by atoms with Crippen LogP contribution in [0.1, 0.15) is 19.8 Å². The molecule has 12 heavy (non-hydrogen) atoms. The van der Waals surface area contributed by atoms with Crippen molar-refractivity contribution in [1.29, 1.82) is 0 Å². The maximum absolute atomic E-state index is 11.9. The van der Waals surface area contributed by atoms with Gasteiger partial charge in [-0.2, -0.15) is 8.78 Å². The number of aliphatic carboxylic acids is 1. The van der Waals surface area contributed by atoms with Crippen LogP contribution in [0.3, 0.4) is 0 Å². The first-order valence-electron chi connectivity index (χ1n) is 3.44. The fourth-order valence-corrected chi connectivity index (χ4v) is 0.636. The first-order chi connectivity index (χ1) is 5.45. The van der Waals surface area contributed by atoms with E-state index in [-0.39, 0.29) is 18.4 Å². The van der Waals surface area contributed by atoms with Gasteiger partial charge in [0.05, 0.1) is 0 Å². The molecule has 1 atom stereocenters. The number of halogens is 2. The molecule has 0 saturated heterocycles. The molecule has 0 aliphatic rings. The Morgan fingerprint density at radius 2 is 2.08 bits per heavy atom. The molecule has 70 valence electrons. The zero-order valence-corrected chi connectivity index (χ0v) is 6.68. The van der Waals surface area contributed by atoms with Gasteiger partial charge in [-0.3, -0.25) is 4.79 Å². The van der Waals surface area contributed by atoms with Crippen LogP contribution in [0.4, 0.5) is 8.78 Å². The number of hydrogen-bond acceptors (Lipinski definition) is 2. The summed E-state index contributed by atoms with van der Waals surface area (Å²) in [5.74, 6) is -1.03. The Morgan fingerprint density at radius 3 is 2.42 bits per heavy atom. The van der Waals surface area contributed by atoms with Crippen molar-refractivity contribution in [3.8, 4) is 0 Å². The molecule has 1 unspecified atom stereocenters. The number of hydrogen-bond donors (Lipinski definition) is 2. The van der Waals surface area contributed by atoms with Crippen molar-refractivity contribution >= 4 is 5.97 Å². The van der Waals surface area contributed by atoms with Gasteiger partial charge in [0.25, 0.3) is 6.08 Å². The normalized spacial score (nSPS) is 12.3. The van der Waals surface area contributed by atoms with Crippen LogP contribution >= 0.6 is 0 Å². The van der Waals surface area contributed by atoms with Crippen LogP contribution in [-0.2, 0) is 4.79 Å². The topological polar surface area (TPSA) is 63.3 Å². The Labute approximate surface area is 68.9 Å². The molecule has 3 N–H and O–H groups in total. The van der Waals surface area contributed by atoms with E-state index < -0.39 is 18.1 Å². The molecule has 5 heteroatoms. The van der Waals surface area contributed by atoms with Gasteiger partial charge in [0, 0.05) is 18.0 Å². The first kappa shape index (κ1) is 11.0. The van der Waals surface area contributed by atoms with E-state index in [1.165, 1.54) is 6.92 Å². The number of nitrogens with two attached hydrogens (primary N) is 1. The minimum absolute atomic E-state index is 0.0402. The summed E-state index contributed by atoms with van der Waals surface area (Å²) < 4.78 is 23.7. The van der Waals surface area contributed by atoms with Crippen LogP contribution in [0.5, 0.6) is 0 Å². The maximum Gasteiger partial charge on any atom is 0.303 e. The Bertz CT molecular complexity index is 200. The zero-order chi connectivity index (χ0) is 9.72. The van der Waals surface area contributed by atoms with Crippen molar-refractivity contribution in [3.05, 3.63) is 11.7 Å². The molecular weight excluding hydrogens is 168 g/mol. The molecule has 0 saturated carbocycles. The van der Waals surface area contributed by atoms with E-state index in [0.717, 1.165) is 0 Å². The highest BCUT2D eigenvalue weighted by Crippen LogP contribution is 2.13. The number of carbonyl (C=O) groups is 1. The van der Waals surface area contributed by atoms with Crippen LogP contribution < -0.4 is 5.73 Å². The first-order valence-corrected chi connectivity index (χ1v) is 3.44. The summed E-state index contributed by atoms with van der Waals surface area (Å²) in [5.41, 5.74) is 5.03. The van der Waals surface area contributed by atoms with E-state index in [2.05, 4.69) is 0 Å². The summed E-state index contributed by atoms with van der Waals surface area (Å²) in [6, 6.07) is -0.855. The van der Waals surface area contributed by atoms with Gasteiger partial charge < -0.3 is 10.8 Å². The Balaban J connectivity index is 3.97. The Morgan fingerprint density at radius 1 is 1.58 bits per heavy atom. The van der Waals surface area contributed by atoms with Crippen molar-refractivity contribution in [2.45, 2.75) is 25.8 Å². The summed E-state index contributed by atoms with van der Waals surface area (Å²) >= 11 is 0. The van der Waals surface area contributed by atoms with Crippen molar-refractivity contribution < 1.29 is 18.7 Å². The van der Waals surface area contributed by atoms with E-state index in [1.807, 2.05) is 0 Å². The highest BCUT2D eigenvalue weighted by atomic mass is 19.3. The molecule has 3 nitrogen and oxygen atoms in total. The van der Waals surface area contributed by atoms with Crippen LogP contribution in [0.15, 0.2) is 11.7 Å². The standard InChI is InChI=1S/C7H11F2NO2/c1-4(7(8)9)5(10)2-3-6(11)12/h5H,2-3,10H2,1H3,(H,11,12). The van der Waals surface area contributed by atoms with Gasteiger partial charge in [-0.25, -0.2) is 0 Å². The Kier molecular flexibility index (Phi) is 4.43. The fourth-order valence-electron chi connectivity index (χ4n) is 0.636. The average Bonchev–Trinajstić information content (AvgIpc) is 1.98. The summed E-state index contributed by atoms with van der Waals surface area (Å²) in [6.07, 6.45) is -1.97. The molecule has 0 aromatic heterocycles. The fraction of sp³-hybridized carbons (Fsp3) is 0.571. The number of carboxylic acids is 1. The molecule has 0 fully saturated rings. The molecule has 0 spiro atoms. The van der Waals surface area contributed by atoms with Crippen molar-refractivity contribution in [3.63, 3.8) is 0 Å². The molecule has 0 aliphatic carbocycles. The highest BCUT2D eigenvalue weighted by molar-refractivity contribution is 5.66. The molecule has 0 aromatic rings. The summed E-state index contributed by atoms with van der Waals surface area (Å²) in [6.45, 7) is 1.20. The van der Waals surface area contributed by atoms with E-state index >= 15 is 0 Å². The Hall–Kier alpha value is -0.970. The van der Waals surface area contributed by atoms with E-state index in [4.69, 9.17) is 10.8 Å². The van der Waals surface area contributed by atoms with Gasteiger partial charge in [-0.15, -0.1) is 0 Å². The van der Waals surface area contributed by atoms with E-state index in [9.17, 15) is 13.6 Å². The molecule has 0 aliphatic heterocycles. The number of rotatable bonds is 4. The lowest BCUT2D eigenvalue weighted by Crippen LogP contribution is -2.22. The van der Waals surface area contributed by atoms with Gasteiger partial charge in [0.15, 0.2) is 0 Å². The second-order valence-corrected chi connectivity index (χ2v) is 2.48. The lowest BCUT2D eigenvalue weighted by Gasteiger charge is -2.08. The average molecular weight is 179 g/mol. The predicted molar refractivity (Wildman–Crippen MR) is 39.8 cm³/mol. The summed E-state index contributed by atoms with van der Waals surface area (Å²) in [7, 11) is 0. The molecule has 0 heterocycles. The van der Waals surface area contributed by atoms with Crippen molar-refractivity contribution in [1.82, 2.24) is 0 Å². The quantitative estimate of drug-likeness (QED) is 0.684. The maximum atomic E-state index is 11.9. The second-order valence-electron chi connectivity index (χ2n) is 2.48. The molecule has 0 radical (unpaired) electrons. The SMILES string of the molecule is CC(=C(F)F)C(N)CCC(=O)O. The summed E-state index contributed by atoms with van der Waals surface area (Å²) in [5, 5.41) is 8.22. The molecule has 0 aromatic carbocycles. The van der Waals surface area contributed by atoms with Crippen molar-refractivity contribution in [2.24, 2.45) is 5.73 Å². The third-order valence-corrected chi connectivity index (χ3v) is 1.52. The van der Waals surface area contributed by atoms with Gasteiger partial charge >= 0.3 is 5.97 Å². The van der Waals surface area contributed by atoms with Crippen LogP contribution in [0.2, 0.25) is 0 Å². The third-order valence-electron chi connectivity index (χ3n) is 1.52. The van der Waals surface area contributed by atoms with E-state index in [1.54, 1.807) is 0 Å². The minimum atomic E-state index is -1.83. The van der Waals surface area contributed by atoms with Crippen molar-refractivity contribution in [2.75, 3.05) is 0 Å². The molecular formula is C7H11F2NO2. The lowest BCUT2D eigenvalue weighted by atomic mass is 10.1. The predicted octanol–water partition coefficient (Wildman–Crippen LogP) is 1.35. The lowest BCUT2D eigenvalue weighted by molar-refractivity contribution is -0.137. The highest BCUT2D eigenvalue weighted by Gasteiger charge is 2.11. The monoisotopic (exact) mass is 179 g/mol. The largest absolute Gasteiger partial charge is 0.481 e. The van der Waals surface area contributed by atoms with Crippen LogP contribution in [-0.4, -0.2) is 17.1 Å². The van der Waals surface area contributed by atoms with Gasteiger partial charge in [-0.05, 0) is 13.3 Å². The van der Waals surface area contributed by atoms with Gasteiger partial charge in [0.2, 0.25) is 0 Å². The molecule has 0 rings (SSSR count). The van der Waals surface area contributed by atoms with Gasteiger partial charge in [-0.1, -0.05) is 0 Å². The van der Waals surface area contributed by atoms with Crippen LogP contribution in [0, 0.1) is 0 Å².